The molecule has 1 aliphatic rings. The standard InChI is InChI=1S/C10H13BrN2O/c11-8-1-2-10(13-6-8)12-5-7-3-9(14)4-7/h1-2,6-7,9,14H,3-5H2,(H,12,13). The highest BCUT2D eigenvalue weighted by molar-refractivity contribution is 9.10. The van der Waals surface area contributed by atoms with Crippen molar-refractivity contribution in [1.82, 2.24) is 4.98 Å². The SMILES string of the molecule is OC1CC(CNc2ccc(Br)cn2)C1. The van der Waals surface area contributed by atoms with Gasteiger partial charge in [0.15, 0.2) is 0 Å². The zero-order chi connectivity index (χ0) is 9.97. The molecule has 2 N–H and O–H groups in total. The average molecular weight is 257 g/mol. The van der Waals surface area contributed by atoms with Crippen LogP contribution < -0.4 is 5.32 Å². The maximum absolute atomic E-state index is 9.10. The predicted octanol–water partition coefficient (Wildman–Crippen LogP) is 2.03. The highest BCUT2D eigenvalue weighted by Crippen LogP contribution is 2.27. The molecule has 3 nitrogen and oxygen atoms in total. The number of aliphatic hydroxyl groups excluding tert-OH is 1. The summed E-state index contributed by atoms with van der Waals surface area (Å²) in [5, 5.41) is 12.4. The Morgan fingerprint density at radius 2 is 2.29 bits per heavy atom. The molecule has 1 heterocycles. The average Bonchev–Trinajstić information content (AvgIpc) is 2.13. The van der Waals surface area contributed by atoms with E-state index in [1.165, 1.54) is 0 Å². The highest BCUT2D eigenvalue weighted by atomic mass is 79.9. The van der Waals surface area contributed by atoms with E-state index in [0.717, 1.165) is 29.7 Å². The summed E-state index contributed by atoms with van der Waals surface area (Å²) in [5.74, 6) is 1.50. The normalized spacial score (nSPS) is 25.6. The highest BCUT2D eigenvalue weighted by Gasteiger charge is 2.26. The minimum Gasteiger partial charge on any atom is -0.393 e. The number of hydrogen-bond donors (Lipinski definition) is 2. The second-order valence-electron chi connectivity index (χ2n) is 3.73. The molecule has 1 aromatic rings. The number of rotatable bonds is 3. The van der Waals surface area contributed by atoms with Crippen molar-refractivity contribution >= 4 is 21.7 Å². The van der Waals surface area contributed by atoms with E-state index in [-0.39, 0.29) is 6.10 Å². The fraction of sp³-hybridized carbons (Fsp3) is 0.500. The van der Waals surface area contributed by atoms with Crippen LogP contribution in [0.3, 0.4) is 0 Å². The maximum Gasteiger partial charge on any atom is 0.125 e. The van der Waals surface area contributed by atoms with Crippen LogP contribution in [0, 0.1) is 5.92 Å². The minimum atomic E-state index is -0.0697. The van der Waals surface area contributed by atoms with Crippen molar-refractivity contribution in [2.24, 2.45) is 5.92 Å². The lowest BCUT2D eigenvalue weighted by molar-refractivity contribution is 0.0486. The summed E-state index contributed by atoms with van der Waals surface area (Å²) in [6.45, 7) is 0.908. The summed E-state index contributed by atoms with van der Waals surface area (Å²) >= 11 is 3.33. The number of hydrogen-bond acceptors (Lipinski definition) is 3. The van der Waals surface area contributed by atoms with Gasteiger partial charge >= 0.3 is 0 Å². The number of nitrogens with zero attached hydrogens (tertiary/aromatic N) is 1. The third-order valence-corrected chi connectivity index (χ3v) is 2.98. The number of aliphatic hydroxyl groups is 1. The Morgan fingerprint density at radius 1 is 1.50 bits per heavy atom. The van der Waals surface area contributed by atoms with Crippen molar-refractivity contribution in [2.75, 3.05) is 11.9 Å². The van der Waals surface area contributed by atoms with Gasteiger partial charge in [-0.25, -0.2) is 4.98 Å². The van der Waals surface area contributed by atoms with Gasteiger partial charge in [0.25, 0.3) is 0 Å². The second kappa shape index (κ2) is 4.28. The van der Waals surface area contributed by atoms with Gasteiger partial charge in [-0.15, -0.1) is 0 Å². The first-order valence-corrected chi connectivity index (χ1v) is 5.57. The van der Waals surface area contributed by atoms with Crippen LogP contribution in [0.5, 0.6) is 0 Å². The molecule has 0 unspecified atom stereocenters. The molecule has 0 spiro atoms. The molecule has 0 saturated heterocycles. The summed E-state index contributed by atoms with van der Waals surface area (Å²) in [4.78, 5) is 4.21. The summed E-state index contributed by atoms with van der Waals surface area (Å²) in [5.41, 5.74) is 0. The number of aromatic nitrogens is 1. The van der Waals surface area contributed by atoms with Gasteiger partial charge in [0, 0.05) is 17.2 Å². The van der Waals surface area contributed by atoms with Crippen molar-refractivity contribution in [3.63, 3.8) is 0 Å². The van der Waals surface area contributed by atoms with Crippen molar-refractivity contribution in [3.8, 4) is 0 Å². The van der Waals surface area contributed by atoms with Crippen LogP contribution in [-0.2, 0) is 0 Å². The lowest BCUT2D eigenvalue weighted by Crippen LogP contribution is -2.33. The molecule has 1 aliphatic carbocycles. The zero-order valence-corrected chi connectivity index (χ0v) is 9.37. The monoisotopic (exact) mass is 256 g/mol. The van der Waals surface area contributed by atoms with E-state index >= 15 is 0 Å². The lowest BCUT2D eigenvalue weighted by atomic mass is 9.82. The quantitative estimate of drug-likeness (QED) is 0.870. The third kappa shape index (κ3) is 2.45. The Bertz CT molecular complexity index is 295. The molecule has 4 heteroatoms. The first-order valence-electron chi connectivity index (χ1n) is 4.77. The van der Waals surface area contributed by atoms with E-state index in [1.807, 2.05) is 12.1 Å². The van der Waals surface area contributed by atoms with Crippen LogP contribution in [0.2, 0.25) is 0 Å². The summed E-state index contributed by atoms with van der Waals surface area (Å²) in [7, 11) is 0. The van der Waals surface area contributed by atoms with E-state index in [2.05, 4.69) is 26.2 Å². The Morgan fingerprint density at radius 3 is 2.86 bits per heavy atom. The fourth-order valence-corrected chi connectivity index (χ4v) is 1.83. The van der Waals surface area contributed by atoms with E-state index in [9.17, 15) is 0 Å². The van der Waals surface area contributed by atoms with Gasteiger partial charge in [-0.05, 0) is 46.8 Å². The van der Waals surface area contributed by atoms with Gasteiger partial charge in [-0.1, -0.05) is 0 Å². The topological polar surface area (TPSA) is 45.1 Å². The van der Waals surface area contributed by atoms with E-state index in [0.29, 0.717) is 5.92 Å². The fourth-order valence-electron chi connectivity index (χ4n) is 1.60. The Hall–Kier alpha value is -0.610. The van der Waals surface area contributed by atoms with Crippen LogP contribution in [0.4, 0.5) is 5.82 Å². The molecule has 0 bridgehead atoms. The van der Waals surface area contributed by atoms with E-state index < -0.39 is 0 Å². The van der Waals surface area contributed by atoms with Gasteiger partial charge in [-0.2, -0.15) is 0 Å². The number of anilines is 1. The van der Waals surface area contributed by atoms with Crippen LogP contribution in [-0.4, -0.2) is 22.7 Å². The largest absolute Gasteiger partial charge is 0.393 e. The molecule has 0 amide bonds. The smallest absolute Gasteiger partial charge is 0.125 e. The molecule has 0 radical (unpaired) electrons. The van der Waals surface area contributed by atoms with Gasteiger partial charge in [0.2, 0.25) is 0 Å². The predicted molar refractivity (Wildman–Crippen MR) is 59.2 cm³/mol. The van der Waals surface area contributed by atoms with Gasteiger partial charge in [0.1, 0.15) is 5.82 Å². The van der Waals surface area contributed by atoms with Crippen LogP contribution in [0.15, 0.2) is 22.8 Å². The maximum atomic E-state index is 9.10. The second-order valence-corrected chi connectivity index (χ2v) is 4.65. The van der Waals surface area contributed by atoms with Crippen molar-refractivity contribution in [1.29, 1.82) is 0 Å². The van der Waals surface area contributed by atoms with Gasteiger partial charge < -0.3 is 10.4 Å². The number of pyridine rings is 1. The molecule has 1 fully saturated rings. The Kier molecular flexibility index (Phi) is 3.03. The molecule has 2 rings (SSSR count). The van der Waals surface area contributed by atoms with Gasteiger partial charge in [0.05, 0.1) is 6.10 Å². The number of nitrogens with one attached hydrogen (secondary N) is 1. The van der Waals surface area contributed by atoms with E-state index in [4.69, 9.17) is 5.11 Å². The Balaban J connectivity index is 1.78. The van der Waals surface area contributed by atoms with Crippen molar-refractivity contribution < 1.29 is 5.11 Å². The van der Waals surface area contributed by atoms with Crippen LogP contribution in [0.1, 0.15) is 12.8 Å². The lowest BCUT2D eigenvalue weighted by Gasteiger charge is -2.31. The van der Waals surface area contributed by atoms with Gasteiger partial charge in [-0.3, -0.25) is 0 Å². The molecule has 14 heavy (non-hydrogen) atoms. The summed E-state index contributed by atoms with van der Waals surface area (Å²) in [6, 6.07) is 3.91. The third-order valence-electron chi connectivity index (χ3n) is 2.51. The molecular formula is C10H13BrN2O. The zero-order valence-electron chi connectivity index (χ0n) is 7.78. The van der Waals surface area contributed by atoms with Crippen molar-refractivity contribution in [2.45, 2.75) is 18.9 Å². The summed E-state index contributed by atoms with van der Waals surface area (Å²) in [6.07, 6.45) is 3.55. The van der Waals surface area contributed by atoms with E-state index in [1.54, 1.807) is 6.20 Å². The molecule has 0 atom stereocenters. The number of halogens is 1. The molecule has 1 saturated carbocycles. The van der Waals surface area contributed by atoms with Crippen molar-refractivity contribution in [3.05, 3.63) is 22.8 Å². The molecular weight excluding hydrogens is 244 g/mol. The molecule has 0 aromatic carbocycles. The first-order chi connectivity index (χ1) is 6.74. The first kappa shape index (κ1) is 9.93. The summed E-state index contributed by atoms with van der Waals surface area (Å²) < 4.78 is 0.988. The molecule has 76 valence electrons. The minimum absolute atomic E-state index is 0.0697. The molecule has 1 aromatic heterocycles. The van der Waals surface area contributed by atoms with Crippen LogP contribution in [0.25, 0.3) is 0 Å². The van der Waals surface area contributed by atoms with Crippen LogP contribution >= 0.6 is 15.9 Å². The molecule has 0 aliphatic heterocycles. The Labute approximate surface area is 91.7 Å².